The van der Waals surface area contributed by atoms with E-state index in [-0.39, 0.29) is 11.9 Å². The standard InChI is InChI=1S/C11H20N2O4/c1-8-6-13(7-9(8)10(14)15)11(16)12(2)4-5-17-3/h8-9H,4-7H2,1-3H3,(H,14,15)/t8-,9-/m1/s1. The Labute approximate surface area is 101 Å². The lowest BCUT2D eigenvalue weighted by Crippen LogP contribution is -2.41. The zero-order chi connectivity index (χ0) is 13.0. The molecule has 0 unspecified atom stereocenters. The molecule has 98 valence electrons. The van der Waals surface area contributed by atoms with Crippen LogP contribution in [0.2, 0.25) is 0 Å². The van der Waals surface area contributed by atoms with E-state index in [0.29, 0.717) is 26.2 Å². The van der Waals surface area contributed by atoms with Gasteiger partial charge in [0.25, 0.3) is 0 Å². The summed E-state index contributed by atoms with van der Waals surface area (Å²) in [5.74, 6) is -1.27. The number of aliphatic carboxylic acids is 1. The first-order valence-corrected chi connectivity index (χ1v) is 5.69. The van der Waals surface area contributed by atoms with Crippen molar-refractivity contribution >= 4 is 12.0 Å². The lowest BCUT2D eigenvalue weighted by molar-refractivity contribution is -0.142. The number of urea groups is 1. The molecule has 1 heterocycles. The van der Waals surface area contributed by atoms with Crippen LogP contribution < -0.4 is 0 Å². The van der Waals surface area contributed by atoms with Crippen LogP contribution in [0.25, 0.3) is 0 Å². The second-order valence-electron chi connectivity index (χ2n) is 4.52. The molecular formula is C11H20N2O4. The maximum atomic E-state index is 12.0. The molecular weight excluding hydrogens is 224 g/mol. The zero-order valence-corrected chi connectivity index (χ0v) is 10.5. The Hall–Kier alpha value is -1.30. The summed E-state index contributed by atoms with van der Waals surface area (Å²) < 4.78 is 4.90. The normalized spacial score (nSPS) is 23.8. The first-order valence-electron chi connectivity index (χ1n) is 5.69. The highest BCUT2D eigenvalue weighted by Gasteiger charge is 2.37. The molecule has 0 saturated carbocycles. The summed E-state index contributed by atoms with van der Waals surface area (Å²) in [5.41, 5.74) is 0. The van der Waals surface area contributed by atoms with Crippen LogP contribution in [0.15, 0.2) is 0 Å². The number of carboxylic acids is 1. The Balaban J connectivity index is 2.52. The molecule has 0 radical (unpaired) electrons. The summed E-state index contributed by atoms with van der Waals surface area (Å²) in [5, 5.41) is 8.99. The van der Waals surface area contributed by atoms with E-state index in [0.717, 1.165) is 0 Å². The minimum absolute atomic E-state index is 0.00674. The molecule has 2 atom stereocenters. The minimum atomic E-state index is -0.827. The highest BCUT2D eigenvalue weighted by atomic mass is 16.5. The van der Waals surface area contributed by atoms with E-state index in [2.05, 4.69) is 0 Å². The van der Waals surface area contributed by atoms with Gasteiger partial charge in [-0.3, -0.25) is 4.79 Å². The van der Waals surface area contributed by atoms with Crippen LogP contribution in [-0.2, 0) is 9.53 Å². The average Bonchev–Trinajstić information content (AvgIpc) is 2.67. The van der Waals surface area contributed by atoms with E-state index in [1.165, 1.54) is 0 Å². The Bertz CT molecular complexity index is 295. The summed E-state index contributed by atoms with van der Waals surface area (Å²) in [7, 11) is 3.27. The van der Waals surface area contributed by atoms with E-state index in [1.54, 1.807) is 24.0 Å². The molecule has 1 fully saturated rings. The molecule has 0 aliphatic carbocycles. The topological polar surface area (TPSA) is 70.1 Å². The number of nitrogens with zero attached hydrogens (tertiary/aromatic N) is 2. The van der Waals surface area contributed by atoms with Gasteiger partial charge in [0.15, 0.2) is 0 Å². The van der Waals surface area contributed by atoms with Gasteiger partial charge in [0.05, 0.1) is 12.5 Å². The molecule has 0 aromatic carbocycles. The van der Waals surface area contributed by atoms with Crippen molar-refractivity contribution in [3.05, 3.63) is 0 Å². The lowest BCUT2D eigenvalue weighted by Gasteiger charge is -2.24. The van der Waals surface area contributed by atoms with Crippen LogP contribution in [0.5, 0.6) is 0 Å². The largest absolute Gasteiger partial charge is 0.481 e. The quantitative estimate of drug-likeness (QED) is 0.774. The van der Waals surface area contributed by atoms with Gasteiger partial charge in [-0.25, -0.2) is 4.79 Å². The van der Waals surface area contributed by atoms with Crippen molar-refractivity contribution in [1.82, 2.24) is 9.80 Å². The van der Waals surface area contributed by atoms with Crippen molar-refractivity contribution < 1.29 is 19.4 Å². The number of rotatable bonds is 4. The number of carboxylic acid groups (broad SMARTS) is 1. The molecule has 6 nitrogen and oxygen atoms in total. The molecule has 0 bridgehead atoms. The fourth-order valence-corrected chi connectivity index (χ4v) is 2.01. The van der Waals surface area contributed by atoms with E-state index < -0.39 is 11.9 Å². The third kappa shape index (κ3) is 3.33. The number of likely N-dealkylation sites (tertiary alicyclic amines) is 1. The highest BCUT2D eigenvalue weighted by molar-refractivity contribution is 5.77. The number of carbonyl (C=O) groups excluding carboxylic acids is 1. The number of hydrogen-bond acceptors (Lipinski definition) is 3. The number of amides is 2. The second kappa shape index (κ2) is 5.86. The molecule has 2 amide bonds. The van der Waals surface area contributed by atoms with E-state index in [9.17, 15) is 9.59 Å². The number of carbonyl (C=O) groups is 2. The third-order valence-electron chi connectivity index (χ3n) is 3.16. The molecule has 0 aromatic rings. The van der Waals surface area contributed by atoms with Crippen LogP contribution in [0.3, 0.4) is 0 Å². The molecule has 1 rings (SSSR count). The predicted octanol–water partition coefficient (Wildman–Crippen LogP) is 0.337. The summed E-state index contributed by atoms with van der Waals surface area (Å²) in [4.78, 5) is 26.1. The second-order valence-corrected chi connectivity index (χ2v) is 4.52. The van der Waals surface area contributed by atoms with E-state index >= 15 is 0 Å². The van der Waals surface area contributed by atoms with Crippen LogP contribution in [0.4, 0.5) is 4.79 Å². The van der Waals surface area contributed by atoms with Gasteiger partial charge in [0, 0.05) is 33.8 Å². The zero-order valence-electron chi connectivity index (χ0n) is 10.5. The molecule has 0 spiro atoms. The number of ether oxygens (including phenoxy) is 1. The average molecular weight is 244 g/mol. The van der Waals surface area contributed by atoms with Crippen LogP contribution in [0, 0.1) is 11.8 Å². The van der Waals surface area contributed by atoms with Crippen LogP contribution >= 0.6 is 0 Å². The number of methoxy groups -OCH3 is 1. The van der Waals surface area contributed by atoms with Gasteiger partial charge in [0.1, 0.15) is 0 Å². The van der Waals surface area contributed by atoms with E-state index in [4.69, 9.17) is 9.84 Å². The summed E-state index contributed by atoms with van der Waals surface area (Å²) in [6.07, 6.45) is 0. The van der Waals surface area contributed by atoms with Crippen molar-refractivity contribution in [2.75, 3.05) is 40.4 Å². The van der Waals surface area contributed by atoms with Crippen molar-refractivity contribution in [2.45, 2.75) is 6.92 Å². The lowest BCUT2D eigenvalue weighted by atomic mass is 9.99. The van der Waals surface area contributed by atoms with E-state index in [1.807, 2.05) is 6.92 Å². The molecule has 0 aromatic heterocycles. The van der Waals surface area contributed by atoms with Gasteiger partial charge < -0.3 is 19.6 Å². The molecule has 1 saturated heterocycles. The minimum Gasteiger partial charge on any atom is -0.481 e. The van der Waals surface area contributed by atoms with Gasteiger partial charge in [-0.15, -0.1) is 0 Å². The summed E-state index contributed by atoms with van der Waals surface area (Å²) >= 11 is 0. The monoisotopic (exact) mass is 244 g/mol. The first-order chi connectivity index (χ1) is 7.97. The fourth-order valence-electron chi connectivity index (χ4n) is 2.01. The molecule has 1 aliphatic heterocycles. The van der Waals surface area contributed by atoms with Gasteiger partial charge in [-0.05, 0) is 5.92 Å². The van der Waals surface area contributed by atoms with Crippen LogP contribution in [0.1, 0.15) is 6.92 Å². The van der Waals surface area contributed by atoms with Gasteiger partial charge in [0.2, 0.25) is 0 Å². The highest BCUT2D eigenvalue weighted by Crippen LogP contribution is 2.23. The third-order valence-corrected chi connectivity index (χ3v) is 3.16. The molecule has 6 heteroatoms. The smallest absolute Gasteiger partial charge is 0.319 e. The summed E-state index contributed by atoms with van der Waals surface area (Å²) in [6.45, 7) is 3.66. The van der Waals surface area contributed by atoms with Crippen molar-refractivity contribution in [3.63, 3.8) is 0 Å². The maximum absolute atomic E-state index is 12.0. The Morgan fingerprint density at radius 3 is 2.59 bits per heavy atom. The SMILES string of the molecule is COCCN(C)C(=O)N1C[C@@H](C)[C@H](C(=O)O)C1. The molecule has 17 heavy (non-hydrogen) atoms. The van der Waals surface area contributed by atoms with Crippen molar-refractivity contribution in [2.24, 2.45) is 11.8 Å². The first kappa shape index (κ1) is 13.8. The summed E-state index contributed by atoms with van der Waals surface area (Å²) in [6, 6.07) is -0.127. The molecule has 1 aliphatic rings. The van der Waals surface area contributed by atoms with Gasteiger partial charge >= 0.3 is 12.0 Å². The van der Waals surface area contributed by atoms with Gasteiger partial charge in [-0.2, -0.15) is 0 Å². The Morgan fingerprint density at radius 1 is 1.47 bits per heavy atom. The van der Waals surface area contributed by atoms with Crippen molar-refractivity contribution in [1.29, 1.82) is 0 Å². The van der Waals surface area contributed by atoms with Crippen LogP contribution in [-0.4, -0.2) is 67.3 Å². The number of likely N-dealkylation sites (N-methyl/N-ethyl adjacent to an activating group) is 1. The maximum Gasteiger partial charge on any atom is 0.319 e. The fraction of sp³-hybridized carbons (Fsp3) is 0.818. The van der Waals surface area contributed by atoms with Gasteiger partial charge in [-0.1, -0.05) is 6.92 Å². The molecule has 1 N–H and O–H groups in total. The predicted molar refractivity (Wildman–Crippen MR) is 61.8 cm³/mol. The Morgan fingerprint density at radius 2 is 2.12 bits per heavy atom. The van der Waals surface area contributed by atoms with Crippen molar-refractivity contribution in [3.8, 4) is 0 Å². The Kier molecular flexibility index (Phi) is 4.74. The number of hydrogen-bond donors (Lipinski definition) is 1.